The van der Waals surface area contributed by atoms with Crippen LogP contribution in [0.15, 0.2) is 60.9 Å². The molecule has 0 saturated carbocycles. The summed E-state index contributed by atoms with van der Waals surface area (Å²) in [5, 5.41) is 8.58. The zero-order valence-electron chi connectivity index (χ0n) is 11.9. The van der Waals surface area contributed by atoms with Crippen molar-refractivity contribution in [1.29, 1.82) is 0 Å². The third-order valence-electron chi connectivity index (χ3n) is 4.07. The summed E-state index contributed by atoms with van der Waals surface area (Å²) in [6, 6.07) is 18.7. The van der Waals surface area contributed by atoms with Crippen molar-refractivity contribution in [3.63, 3.8) is 0 Å². The summed E-state index contributed by atoms with van der Waals surface area (Å²) in [6.07, 6.45) is 2.49. The van der Waals surface area contributed by atoms with E-state index < -0.39 is 0 Å². The van der Waals surface area contributed by atoms with Crippen molar-refractivity contribution in [3.8, 4) is 0 Å². The number of rotatable bonds is 2. The van der Waals surface area contributed by atoms with E-state index in [0.29, 0.717) is 0 Å². The van der Waals surface area contributed by atoms with Crippen LogP contribution in [0.5, 0.6) is 0 Å². The van der Waals surface area contributed by atoms with E-state index in [1.54, 1.807) is 6.33 Å². The van der Waals surface area contributed by atoms with E-state index in [2.05, 4.69) is 45.7 Å². The first kappa shape index (κ1) is 13.3. The second kappa shape index (κ2) is 5.46. The highest BCUT2D eigenvalue weighted by Gasteiger charge is 2.29. The zero-order chi connectivity index (χ0) is 14.9. The van der Waals surface area contributed by atoms with E-state index in [1.807, 2.05) is 28.9 Å². The van der Waals surface area contributed by atoms with Crippen LogP contribution >= 0.6 is 11.6 Å². The maximum Gasteiger partial charge on any atom is 0.222 e. The van der Waals surface area contributed by atoms with E-state index in [9.17, 15) is 0 Å². The number of nitrogens with zero attached hydrogens (tertiary/aromatic N) is 3. The molecule has 1 aliphatic heterocycles. The maximum absolute atomic E-state index is 6.16. The number of aromatic nitrogens is 3. The largest absolute Gasteiger partial charge is 0.348 e. The summed E-state index contributed by atoms with van der Waals surface area (Å²) >= 11 is 6.16. The molecule has 0 spiro atoms. The molecular formula is C17H15ClN4. The molecule has 110 valence electrons. The van der Waals surface area contributed by atoms with Gasteiger partial charge in [0.2, 0.25) is 5.95 Å². The van der Waals surface area contributed by atoms with E-state index >= 15 is 0 Å². The molecule has 22 heavy (non-hydrogen) atoms. The topological polar surface area (TPSA) is 42.7 Å². The van der Waals surface area contributed by atoms with Crippen molar-refractivity contribution in [2.24, 2.45) is 0 Å². The molecule has 2 aromatic carbocycles. The van der Waals surface area contributed by atoms with Gasteiger partial charge >= 0.3 is 0 Å². The molecule has 4 nitrogen and oxygen atoms in total. The number of halogens is 1. The molecule has 1 aliphatic rings. The van der Waals surface area contributed by atoms with Crippen LogP contribution in [0.25, 0.3) is 0 Å². The van der Waals surface area contributed by atoms with Gasteiger partial charge in [0.25, 0.3) is 0 Å². The highest BCUT2D eigenvalue weighted by atomic mass is 35.5. The van der Waals surface area contributed by atoms with Gasteiger partial charge in [0.05, 0.1) is 12.1 Å². The van der Waals surface area contributed by atoms with Crippen LogP contribution in [0, 0.1) is 0 Å². The molecule has 2 atom stereocenters. The van der Waals surface area contributed by atoms with Gasteiger partial charge in [-0.2, -0.15) is 10.1 Å². The molecule has 0 unspecified atom stereocenters. The van der Waals surface area contributed by atoms with Crippen LogP contribution in [0.4, 0.5) is 5.95 Å². The van der Waals surface area contributed by atoms with Crippen LogP contribution in [-0.4, -0.2) is 14.8 Å². The summed E-state index contributed by atoms with van der Waals surface area (Å²) in [6.45, 7) is 0. The average molecular weight is 311 g/mol. The van der Waals surface area contributed by atoms with E-state index in [4.69, 9.17) is 11.6 Å². The van der Waals surface area contributed by atoms with Gasteiger partial charge in [0.15, 0.2) is 0 Å². The molecule has 0 fully saturated rings. The number of hydrogen-bond donors (Lipinski definition) is 1. The number of hydrogen-bond acceptors (Lipinski definition) is 3. The van der Waals surface area contributed by atoms with Gasteiger partial charge < -0.3 is 5.32 Å². The Kier molecular flexibility index (Phi) is 3.31. The van der Waals surface area contributed by atoms with Gasteiger partial charge in [-0.3, -0.25) is 0 Å². The van der Waals surface area contributed by atoms with E-state index in [-0.39, 0.29) is 12.1 Å². The fourth-order valence-electron chi connectivity index (χ4n) is 3.02. The molecule has 3 aromatic rings. The normalized spacial score (nSPS) is 20.2. The average Bonchev–Trinajstić information content (AvgIpc) is 3.03. The Hall–Kier alpha value is -2.33. The van der Waals surface area contributed by atoms with Crippen LogP contribution in [0.1, 0.15) is 29.6 Å². The molecule has 0 bridgehead atoms. The molecule has 1 N–H and O–H groups in total. The fraction of sp³-hybridized carbons (Fsp3) is 0.176. The molecule has 0 radical (unpaired) electrons. The first-order valence-electron chi connectivity index (χ1n) is 7.28. The van der Waals surface area contributed by atoms with Crippen molar-refractivity contribution in [3.05, 3.63) is 77.1 Å². The van der Waals surface area contributed by atoms with Crippen LogP contribution in [0.2, 0.25) is 5.02 Å². The zero-order valence-corrected chi connectivity index (χ0v) is 12.6. The molecule has 5 heteroatoms. The lowest BCUT2D eigenvalue weighted by atomic mass is 9.93. The summed E-state index contributed by atoms with van der Waals surface area (Å²) in [7, 11) is 0. The van der Waals surface area contributed by atoms with Gasteiger partial charge in [-0.1, -0.05) is 54.1 Å². The predicted molar refractivity (Wildman–Crippen MR) is 87.0 cm³/mol. The minimum Gasteiger partial charge on any atom is -0.348 e. The van der Waals surface area contributed by atoms with Crippen molar-refractivity contribution >= 4 is 17.5 Å². The van der Waals surface area contributed by atoms with Gasteiger partial charge in [-0.25, -0.2) is 4.68 Å². The first-order valence-corrected chi connectivity index (χ1v) is 7.65. The summed E-state index contributed by atoms with van der Waals surface area (Å²) in [5.41, 5.74) is 2.41. The Bertz CT molecular complexity index is 784. The van der Waals surface area contributed by atoms with E-state index in [0.717, 1.165) is 23.0 Å². The van der Waals surface area contributed by atoms with Crippen molar-refractivity contribution in [1.82, 2.24) is 14.8 Å². The number of nitrogens with one attached hydrogen (secondary N) is 1. The van der Waals surface area contributed by atoms with Crippen LogP contribution in [0.3, 0.4) is 0 Å². The minimum absolute atomic E-state index is 0.127. The molecule has 0 aliphatic carbocycles. The highest BCUT2D eigenvalue weighted by Crippen LogP contribution is 2.37. The van der Waals surface area contributed by atoms with Crippen molar-refractivity contribution in [2.45, 2.75) is 18.5 Å². The quantitative estimate of drug-likeness (QED) is 0.775. The monoisotopic (exact) mass is 310 g/mol. The standard InChI is InChI=1S/C17H15ClN4/c18-14-8-4-7-13(9-14)16-10-15(12-5-2-1-3-6-12)21-17-19-11-20-22(16)17/h1-9,11,15-16H,10H2,(H,19,20,21)/t15-,16-/m0/s1. The summed E-state index contributed by atoms with van der Waals surface area (Å²) in [4.78, 5) is 4.34. The van der Waals surface area contributed by atoms with Crippen molar-refractivity contribution < 1.29 is 0 Å². The van der Waals surface area contributed by atoms with Gasteiger partial charge in [0, 0.05) is 5.02 Å². The second-order valence-corrected chi connectivity index (χ2v) is 5.88. The predicted octanol–water partition coefficient (Wildman–Crippen LogP) is 4.08. The Morgan fingerprint density at radius 1 is 1.05 bits per heavy atom. The van der Waals surface area contributed by atoms with Gasteiger partial charge in [0.1, 0.15) is 6.33 Å². The third kappa shape index (κ3) is 2.35. The summed E-state index contributed by atoms with van der Waals surface area (Å²) < 4.78 is 1.94. The number of anilines is 1. The van der Waals surface area contributed by atoms with Gasteiger partial charge in [-0.05, 0) is 29.7 Å². The Balaban J connectivity index is 1.75. The Morgan fingerprint density at radius 3 is 2.68 bits per heavy atom. The van der Waals surface area contributed by atoms with E-state index in [1.165, 1.54) is 5.56 Å². The minimum atomic E-state index is 0.127. The molecule has 0 amide bonds. The fourth-order valence-corrected chi connectivity index (χ4v) is 3.21. The summed E-state index contributed by atoms with van der Waals surface area (Å²) in [5.74, 6) is 0.796. The van der Waals surface area contributed by atoms with Crippen molar-refractivity contribution in [2.75, 3.05) is 5.32 Å². The Labute approximate surface area is 133 Å². The molecule has 1 aromatic heterocycles. The lowest BCUT2D eigenvalue weighted by Crippen LogP contribution is -2.28. The molecule has 4 rings (SSSR count). The SMILES string of the molecule is Clc1cccc([C@@H]2C[C@@H](c3ccccc3)Nc3ncnn32)c1. The molecular weight excluding hydrogens is 296 g/mol. The van der Waals surface area contributed by atoms with Gasteiger partial charge in [-0.15, -0.1) is 0 Å². The number of fused-ring (bicyclic) bond motifs is 1. The number of benzene rings is 2. The Morgan fingerprint density at radius 2 is 1.86 bits per heavy atom. The maximum atomic E-state index is 6.16. The molecule has 2 heterocycles. The first-order chi connectivity index (χ1) is 10.8. The van der Waals surface area contributed by atoms with Crippen LogP contribution in [-0.2, 0) is 0 Å². The second-order valence-electron chi connectivity index (χ2n) is 5.44. The lowest BCUT2D eigenvalue weighted by molar-refractivity contribution is 0.431. The highest BCUT2D eigenvalue weighted by molar-refractivity contribution is 6.30. The lowest BCUT2D eigenvalue weighted by Gasteiger charge is -2.31. The smallest absolute Gasteiger partial charge is 0.222 e. The van der Waals surface area contributed by atoms with Crippen LogP contribution < -0.4 is 5.32 Å². The molecule has 0 saturated heterocycles. The third-order valence-corrected chi connectivity index (χ3v) is 4.30.